The van der Waals surface area contributed by atoms with Crippen LogP contribution in [0.15, 0.2) is 54.6 Å². The van der Waals surface area contributed by atoms with E-state index in [2.05, 4.69) is 5.32 Å². The van der Waals surface area contributed by atoms with Gasteiger partial charge in [-0.25, -0.2) is 0 Å². The molecule has 2 aromatic carbocycles. The molecule has 0 spiro atoms. The molecule has 24 heavy (non-hydrogen) atoms. The molecule has 2 amide bonds. The number of nitrogens with one attached hydrogen (secondary N) is 1. The lowest BCUT2D eigenvalue weighted by Gasteiger charge is -2.12. The topological polar surface area (TPSA) is 69.6 Å². The minimum atomic E-state index is -0.814. The molecule has 0 radical (unpaired) electrons. The molecule has 0 saturated heterocycles. The number of carbonyl (C=O) groups excluding carboxylic acids is 2. The van der Waals surface area contributed by atoms with E-state index in [1.807, 2.05) is 30.3 Å². The third-order valence-corrected chi connectivity index (χ3v) is 3.66. The lowest BCUT2D eigenvalue weighted by atomic mass is 10.1. The van der Waals surface area contributed by atoms with Gasteiger partial charge in [0.2, 0.25) is 5.91 Å². The number of aliphatic hydroxyl groups is 1. The number of rotatable bonds is 6. The number of amides is 2. The van der Waals surface area contributed by atoms with E-state index in [1.54, 1.807) is 38.4 Å². The molecule has 0 fully saturated rings. The summed E-state index contributed by atoms with van der Waals surface area (Å²) in [5, 5.41) is 12.8. The summed E-state index contributed by atoms with van der Waals surface area (Å²) in [6, 6.07) is 16.2. The molecule has 126 valence electrons. The molecule has 1 atom stereocenters. The van der Waals surface area contributed by atoms with Crippen LogP contribution in [-0.2, 0) is 11.3 Å². The summed E-state index contributed by atoms with van der Waals surface area (Å²) < 4.78 is 0. The van der Waals surface area contributed by atoms with E-state index in [0.717, 1.165) is 11.1 Å². The Balaban J connectivity index is 1.84. The van der Waals surface area contributed by atoms with Crippen LogP contribution in [0.1, 0.15) is 34.0 Å². The molecule has 2 N–H and O–H groups in total. The first-order valence-corrected chi connectivity index (χ1v) is 7.77. The van der Waals surface area contributed by atoms with Gasteiger partial charge in [-0.2, -0.15) is 0 Å². The molecule has 5 heteroatoms. The van der Waals surface area contributed by atoms with Crippen LogP contribution in [0, 0.1) is 0 Å². The summed E-state index contributed by atoms with van der Waals surface area (Å²) in [5.74, 6) is -0.281. The highest BCUT2D eigenvalue weighted by molar-refractivity contribution is 5.93. The first kappa shape index (κ1) is 17.7. The van der Waals surface area contributed by atoms with Gasteiger partial charge in [0.1, 0.15) is 0 Å². The normalized spacial score (nSPS) is 11.6. The molecule has 0 aromatic heterocycles. The van der Waals surface area contributed by atoms with Crippen molar-refractivity contribution in [3.05, 3.63) is 71.3 Å². The highest BCUT2D eigenvalue weighted by Crippen LogP contribution is 2.15. The van der Waals surface area contributed by atoms with E-state index >= 15 is 0 Å². The molecule has 1 unspecified atom stereocenters. The van der Waals surface area contributed by atoms with Crippen molar-refractivity contribution in [2.45, 2.75) is 19.1 Å². The Labute approximate surface area is 141 Å². The van der Waals surface area contributed by atoms with Gasteiger partial charge in [0.05, 0.1) is 12.5 Å². The van der Waals surface area contributed by atoms with Crippen molar-refractivity contribution in [1.29, 1.82) is 0 Å². The Morgan fingerprint density at radius 1 is 1.04 bits per heavy atom. The highest BCUT2D eigenvalue weighted by Gasteiger charge is 2.12. The van der Waals surface area contributed by atoms with Crippen molar-refractivity contribution in [3.8, 4) is 0 Å². The van der Waals surface area contributed by atoms with E-state index in [1.165, 1.54) is 4.90 Å². The summed E-state index contributed by atoms with van der Waals surface area (Å²) in [4.78, 5) is 25.3. The van der Waals surface area contributed by atoms with E-state index in [-0.39, 0.29) is 18.2 Å². The molecular weight excluding hydrogens is 304 g/mol. The van der Waals surface area contributed by atoms with Gasteiger partial charge < -0.3 is 15.3 Å². The Kier molecular flexibility index (Phi) is 6.09. The van der Waals surface area contributed by atoms with E-state index in [9.17, 15) is 14.7 Å². The largest absolute Gasteiger partial charge is 0.388 e. The fourth-order valence-corrected chi connectivity index (χ4v) is 2.26. The number of benzene rings is 2. The number of hydrogen-bond acceptors (Lipinski definition) is 3. The molecule has 5 nitrogen and oxygen atoms in total. The van der Waals surface area contributed by atoms with Crippen LogP contribution >= 0.6 is 0 Å². The molecule has 2 rings (SSSR count). The van der Waals surface area contributed by atoms with Crippen LogP contribution in [0.3, 0.4) is 0 Å². The summed E-state index contributed by atoms with van der Waals surface area (Å²) >= 11 is 0. The van der Waals surface area contributed by atoms with E-state index < -0.39 is 6.10 Å². The SMILES string of the molecule is CN(C)C(=O)c1ccc(CNC(=O)CC(O)c2ccccc2)cc1. The van der Waals surface area contributed by atoms with Gasteiger partial charge in [-0.1, -0.05) is 42.5 Å². The Bertz CT molecular complexity index is 682. The lowest BCUT2D eigenvalue weighted by molar-refractivity contribution is -0.123. The van der Waals surface area contributed by atoms with Crippen molar-refractivity contribution < 1.29 is 14.7 Å². The summed E-state index contributed by atoms with van der Waals surface area (Å²) in [6.45, 7) is 0.358. The average molecular weight is 326 g/mol. The molecule has 0 saturated carbocycles. The standard InChI is InChI=1S/C19H22N2O3/c1-21(2)19(24)16-10-8-14(9-11-16)13-20-18(23)12-17(22)15-6-4-3-5-7-15/h3-11,17,22H,12-13H2,1-2H3,(H,20,23). The molecule has 0 heterocycles. The molecule has 0 aliphatic heterocycles. The maximum atomic E-state index is 11.9. The number of aliphatic hydroxyl groups excluding tert-OH is 1. The first-order valence-electron chi connectivity index (χ1n) is 7.77. The van der Waals surface area contributed by atoms with E-state index in [0.29, 0.717) is 12.1 Å². The number of carbonyl (C=O) groups is 2. The second kappa shape index (κ2) is 8.26. The Hall–Kier alpha value is -2.66. The summed E-state index contributed by atoms with van der Waals surface area (Å²) in [6.07, 6.45) is -0.799. The predicted molar refractivity (Wildman–Crippen MR) is 92.3 cm³/mol. The van der Waals surface area contributed by atoms with Gasteiger partial charge in [0.15, 0.2) is 0 Å². The van der Waals surface area contributed by atoms with Crippen LogP contribution in [0.5, 0.6) is 0 Å². The number of nitrogens with zero attached hydrogens (tertiary/aromatic N) is 1. The zero-order valence-electron chi connectivity index (χ0n) is 13.9. The van der Waals surface area contributed by atoms with Crippen molar-refractivity contribution in [3.63, 3.8) is 0 Å². The van der Waals surface area contributed by atoms with Crippen LogP contribution in [0.25, 0.3) is 0 Å². The fraction of sp³-hybridized carbons (Fsp3) is 0.263. The van der Waals surface area contributed by atoms with Gasteiger partial charge in [-0.05, 0) is 23.3 Å². The van der Waals surface area contributed by atoms with Crippen molar-refractivity contribution >= 4 is 11.8 Å². The van der Waals surface area contributed by atoms with Gasteiger partial charge in [0, 0.05) is 26.2 Å². The smallest absolute Gasteiger partial charge is 0.253 e. The highest BCUT2D eigenvalue weighted by atomic mass is 16.3. The zero-order valence-corrected chi connectivity index (χ0v) is 13.9. The lowest BCUT2D eigenvalue weighted by Crippen LogP contribution is -2.25. The first-order chi connectivity index (χ1) is 11.5. The average Bonchev–Trinajstić information content (AvgIpc) is 2.60. The van der Waals surface area contributed by atoms with E-state index in [4.69, 9.17) is 0 Å². The second-order valence-electron chi connectivity index (χ2n) is 5.80. The Morgan fingerprint density at radius 3 is 2.25 bits per heavy atom. The maximum absolute atomic E-state index is 11.9. The third-order valence-electron chi connectivity index (χ3n) is 3.66. The minimum Gasteiger partial charge on any atom is -0.388 e. The second-order valence-corrected chi connectivity index (χ2v) is 5.80. The zero-order chi connectivity index (χ0) is 17.5. The van der Waals surface area contributed by atoms with Crippen LogP contribution in [0.2, 0.25) is 0 Å². The molecule has 2 aromatic rings. The monoisotopic (exact) mass is 326 g/mol. The molecular formula is C19H22N2O3. The van der Waals surface area contributed by atoms with Gasteiger partial charge in [-0.3, -0.25) is 9.59 Å². The minimum absolute atomic E-state index is 0.0151. The van der Waals surface area contributed by atoms with Crippen molar-refractivity contribution in [2.75, 3.05) is 14.1 Å². The van der Waals surface area contributed by atoms with Crippen LogP contribution in [-0.4, -0.2) is 35.9 Å². The molecule has 0 aliphatic rings. The van der Waals surface area contributed by atoms with Crippen LogP contribution in [0.4, 0.5) is 0 Å². The van der Waals surface area contributed by atoms with Gasteiger partial charge in [-0.15, -0.1) is 0 Å². The Morgan fingerprint density at radius 2 is 1.67 bits per heavy atom. The molecule has 0 bridgehead atoms. The predicted octanol–water partition coefficient (Wildman–Crippen LogP) is 2.13. The van der Waals surface area contributed by atoms with Crippen molar-refractivity contribution in [2.24, 2.45) is 0 Å². The van der Waals surface area contributed by atoms with Crippen LogP contribution < -0.4 is 5.32 Å². The maximum Gasteiger partial charge on any atom is 0.253 e. The summed E-state index contributed by atoms with van der Waals surface area (Å²) in [5.41, 5.74) is 2.22. The summed E-state index contributed by atoms with van der Waals surface area (Å²) in [7, 11) is 3.41. The van der Waals surface area contributed by atoms with Crippen molar-refractivity contribution in [1.82, 2.24) is 10.2 Å². The van der Waals surface area contributed by atoms with Gasteiger partial charge >= 0.3 is 0 Å². The third kappa shape index (κ3) is 4.93. The molecule has 0 aliphatic carbocycles. The fourth-order valence-electron chi connectivity index (χ4n) is 2.26. The number of hydrogen-bond donors (Lipinski definition) is 2. The van der Waals surface area contributed by atoms with Gasteiger partial charge in [0.25, 0.3) is 5.91 Å². The quantitative estimate of drug-likeness (QED) is 0.854.